The van der Waals surface area contributed by atoms with Gasteiger partial charge in [0.15, 0.2) is 0 Å². The predicted molar refractivity (Wildman–Crippen MR) is 121 cm³/mol. The van der Waals surface area contributed by atoms with E-state index in [9.17, 15) is 13.2 Å². The Labute approximate surface area is 179 Å². The first-order valence-corrected chi connectivity index (χ1v) is 12.1. The molecule has 2 aromatic carbocycles. The van der Waals surface area contributed by atoms with E-state index in [1.54, 1.807) is 28.6 Å². The Kier molecular flexibility index (Phi) is 7.50. The van der Waals surface area contributed by atoms with Gasteiger partial charge in [0.2, 0.25) is 15.9 Å². The minimum Gasteiger partial charge on any atom is -0.376 e. The number of carbonyl (C=O) groups excluding carboxylic acids is 1. The number of piperidine rings is 1. The second-order valence-corrected chi connectivity index (χ2v) is 9.49. The van der Waals surface area contributed by atoms with E-state index in [0.717, 1.165) is 48.9 Å². The van der Waals surface area contributed by atoms with Crippen molar-refractivity contribution in [3.8, 4) is 0 Å². The molecule has 0 aliphatic carbocycles. The van der Waals surface area contributed by atoms with Gasteiger partial charge < -0.3 is 10.6 Å². The molecule has 1 aliphatic rings. The van der Waals surface area contributed by atoms with Gasteiger partial charge in [0.25, 0.3) is 0 Å². The van der Waals surface area contributed by atoms with Crippen LogP contribution < -0.4 is 10.6 Å². The van der Waals surface area contributed by atoms with Crippen LogP contribution in [0.15, 0.2) is 47.4 Å². The predicted octanol–water partition coefficient (Wildman–Crippen LogP) is 4.04. The normalized spacial score (nSPS) is 15.0. The van der Waals surface area contributed by atoms with E-state index in [1.807, 2.05) is 18.2 Å². The molecule has 0 radical (unpaired) electrons. The quantitative estimate of drug-likeness (QED) is 0.664. The van der Waals surface area contributed by atoms with Gasteiger partial charge in [-0.25, -0.2) is 8.42 Å². The smallest absolute Gasteiger partial charge is 0.243 e. The zero-order chi connectivity index (χ0) is 21.6. The van der Waals surface area contributed by atoms with Crippen molar-refractivity contribution in [2.75, 3.05) is 30.3 Å². The molecule has 0 aromatic heterocycles. The van der Waals surface area contributed by atoms with E-state index >= 15 is 0 Å². The molecule has 0 bridgehead atoms. The molecular weight excluding hydrogens is 398 g/mol. The Hall–Kier alpha value is -2.38. The molecule has 1 fully saturated rings. The van der Waals surface area contributed by atoms with Crippen LogP contribution in [0.4, 0.5) is 11.4 Å². The fourth-order valence-electron chi connectivity index (χ4n) is 3.77. The Morgan fingerprint density at radius 3 is 2.10 bits per heavy atom. The van der Waals surface area contributed by atoms with Crippen LogP contribution >= 0.6 is 0 Å². The molecule has 30 heavy (non-hydrogen) atoms. The maximum Gasteiger partial charge on any atom is 0.243 e. The van der Waals surface area contributed by atoms with E-state index in [1.165, 1.54) is 0 Å². The average molecular weight is 430 g/mol. The lowest BCUT2D eigenvalue weighted by Crippen LogP contribution is -2.35. The summed E-state index contributed by atoms with van der Waals surface area (Å²) in [7, 11) is -3.44. The molecule has 0 spiro atoms. The van der Waals surface area contributed by atoms with Gasteiger partial charge in [0, 0.05) is 24.5 Å². The molecule has 1 aliphatic heterocycles. The fraction of sp³-hybridized carbons (Fsp3) is 0.435. The SMILES string of the molecule is CCc1cccc(CC)c1NC(=O)CNc1ccc(S(=O)(=O)N2CCCCC2)cc1. The number of sulfonamides is 1. The molecular formula is C23H31N3O3S. The first-order chi connectivity index (χ1) is 14.5. The molecule has 0 saturated carbocycles. The number of rotatable bonds is 8. The number of hydrogen-bond acceptors (Lipinski definition) is 4. The van der Waals surface area contributed by atoms with Gasteiger partial charge in [0.1, 0.15) is 0 Å². The number of nitrogens with zero attached hydrogens (tertiary/aromatic N) is 1. The Morgan fingerprint density at radius 2 is 1.53 bits per heavy atom. The van der Waals surface area contributed by atoms with Crippen LogP contribution in [0.5, 0.6) is 0 Å². The minimum absolute atomic E-state index is 0.111. The van der Waals surface area contributed by atoms with E-state index in [-0.39, 0.29) is 12.5 Å². The van der Waals surface area contributed by atoms with Crippen LogP contribution in [-0.2, 0) is 27.7 Å². The molecule has 1 heterocycles. The molecule has 1 saturated heterocycles. The van der Waals surface area contributed by atoms with Gasteiger partial charge in [-0.3, -0.25) is 4.79 Å². The Morgan fingerprint density at radius 1 is 0.933 bits per heavy atom. The molecule has 3 rings (SSSR count). The standard InChI is InChI=1S/C23H31N3O3S/c1-3-18-9-8-10-19(4-2)23(18)25-22(27)17-24-20-11-13-21(14-12-20)30(28,29)26-15-6-5-7-16-26/h8-14,24H,3-7,15-17H2,1-2H3,(H,25,27). The maximum atomic E-state index is 12.7. The third kappa shape index (κ3) is 5.21. The van der Waals surface area contributed by atoms with Gasteiger partial charge in [-0.15, -0.1) is 0 Å². The molecule has 2 N–H and O–H groups in total. The summed E-state index contributed by atoms with van der Waals surface area (Å²) in [6.45, 7) is 5.42. The number of carbonyl (C=O) groups is 1. The second kappa shape index (κ2) is 10.1. The number of nitrogens with one attached hydrogen (secondary N) is 2. The number of benzene rings is 2. The average Bonchev–Trinajstić information content (AvgIpc) is 2.78. The molecule has 0 unspecified atom stereocenters. The first-order valence-electron chi connectivity index (χ1n) is 10.7. The molecule has 2 aromatic rings. The lowest BCUT2D eigenvalue weighted by molar-refractivity contribution is -0.114. The summed E-state index contributed by atoms with van der Waals surface area (Å²) in [5.74, 6) is -0.129. The van der Waals surface area contributed by atoms with Crippen molar-refractivity contribution in [2.45, 2.75) is 50.8 Å². The van der Waals surface area contributed by atoms with Gasteiger partial charge in [-0.1, -0.05) is 38.5 Å². The number of aryl methyl sites for hydroxylation is 2. The number of amides is 1. The van der Waals surface area contributed by atoms with Crippen LogP contribution in [-0.4, -0.2) is 38.3 Å². The van der Waals surface area contributed by atoms with Crippen LogP contribution in [0.1, 0.15) is 44.2 Å². The van der Waals surface area contributed by atoms with Crippen molar-refractivity contribution in [3.05, 3.63) is 53.6 Å². The van der Waals surface area contributed by atoms with E-state index in [2.05, 4.69) is 24.5 Å². The highest BCUT2D eigenvalue weighted by Gasteiger charge is 2.25. The highest BCUT2D eigenvalue weighted by Crippen LogP contribution is 2.23. The summed E-state index contributed by atoms with van der Waals surface area (Å²) in [6, 6.07) is 12.7. The van der Waals surface area contributed by atoms with Crippen LogP contribution in [0.3, 0.4) is 0 Å². The van der Waals surface area contributed by atoms with Crippen molar-refractivity contribution in [1.29, 1.82) is 0 Å². The molecule has 0 atom stereocenters. The van der Waals surface area contributed by atoms with E-state index in [0.29, 0.717) is 23.7 Å². The number of anilines is 2. The van der Waals surface area contributed by atoms with Gasteiger partial charge in [-0.2, -0.15) is 4.31 Å². The van der Waals surface area contributed by atoms with Crippen LogP contribution in [0.2, 0.25) is 0 Å². The third-order valence-corrected chi connectivity index (χ3v) is 7.44. The summed E-state index contributed by atoms with van der Waals surface area (Å²) in [6.07, 6.45) is 4.61. The van der Waals surface area contributed by atoms with Crippen molar-refractivity contribution >= 4 is 27.3 Å². The lowest BCUT2D eigenvalue weighted by atomic mass is 10.0. The molecule has 6 nitrogen and oxygen atoms in total. The summed E-state index contributed by atoms with van der Waals surface area (Å²) in [4.78, 5) is 12.8. The maximum absolute atomic E-state index is 12.7. The van der Waals surface area contributed by atoms with E-state index in [4.69, 9.17) is 0 Å². The summed E-state index contributed by atoms with van der Waals surface area (Å²) < 4.78 is 27.0. The summed E-state index contributed by atoms with van der Waals surface area (Å²) >= 11 is 0. The van der Waals surface area contributed by atoms with E-state index < -0.39 is 10.0 Å². The van der Waals surface area contributed by atoms with Crippen molar-refractivity contribution in [1.82, 2.24) is 4.31 Å². The Balaban J connectivity index is 1.61. The zero-order valence-electron chi connectivity index (χ0n) is 17.8. The van der Waals surface area contributed by atoms with Crippen molar-refractivity contribution in [2.24, 2.45) is 0 Å². The minimum atomic E-state index is -3.44. The Bertz CT molecular complexity index is 943. The van der Waals surface area contributed by atoms with Gasteiger partial charge >= 0.3 is 0 Å². The highest BCUT2D eigenvalue weighted by molar-refractivity contribution is 7.89. The summed E-state index contributed by atoms with van der Waals surface area (Å²) in [5, 5.41) is 6.10. The summed E-state index contributed by atoms with van der Waals surface area (Å²) in [5.41, 5.74) is 3.85. The van der Waals surface area contributed by atoms with Crippen molar-refractivity contribution in [3.63, 3.8) is 0 Å². The third-order valence-electron chi connectivity index (χ3n) is 5.52. The largest absolute Gasteiger partial charge is 0.376 e. The lowest BCUT2D eigenvalue weighted by Gasteiger charge is -2.25. The topological polar surface area (TPSA) is 78.5 Å². The molecule has 162 valence electrons. The van der Waals surface area contributed by atoms with Crippen LogP contribution in [0, 0.1) is 0 Å². The molecule has 1 amide bonds. The highest BCUT2D eigenvalue weighted by atomic mass is 32.2. The first kappa shape index (κ1) is 22.3. The van der Waals surface area contributed by atoms with Gasteiger partial charge in [0.05, 0.1) is 11.4 Å². The fourth-order valence-corrected chi connectivity index (χ4v) is 5.29. The molecule has 7 heteroatoms. The van der Waals surface area contributed by atoms with Gasteiger partial charge in [-0.05, 0) is 61.1 Å². The zero-order valence-corrected chi connectivity index (χ0v) is 18.6. The monoisotopic (exact) mass is 429 g/mol. The number of para-hydroxylation sites is 1. The van der Waals surface area contributed by atoms with Crippen LogP contribution in [0.25, 0.3) is 0 Å². The second-order valence-electron chi connectivity index (χ2n) is 7.55. The van der Waals surface area contributed by atoms with Crippen molar-refractivity contribution < 1.29 is 13.2 Å². The number of hydrogen-bond donors (Lipinski definition) is 2.